The summed E-state index contributed by atoms with van der Waals surface area (Å²) in [6.07, 6.45) is 0. The summed E-state index contributed by atoms with van der Waals surface area (Å²) in [5.41, 5.74) is 1.83. The standard InChI is InChI=1S/C9H12O3/c1-6-2-7(4-10)9(12)8(3-6)5-11/h2-3,10-12H,4-5H2,1H3. The quantitative estimate of drug-likeness (QED) is 0.608. The summed E-state index contributed by atoms with van der Waals surface area (Å²) in [6.45, 7) is 1.43. The smallest absolute Gasteiger partial charge is 0.126 e. The third kappa shape index (κ3) is 1.57. The fourth-order valence-corrected chi connectivity index (χ4v) is 1.18. The first kappa shape index (κ1) is 9.03. The highest BCUT2D eigenvalue weighted by Gasteiger charge is 2.06. The third-order valence-corrected chi connectivity index (χ3v) is 1.75. The number of benzene rings is 1. The molecular weight excluding hydrogens is 156 g/mol. The summed E-state index contributed by atoms with van der Waals surface area (Å²) < 4.78 is 0. The van der Waals surface area contributed by atoms with Crippen LogP contribution in [-0.4, -0.2) is 15.3 Å². The molecule has 0 fully saturated rings. The molecule has 0 spiro atoms. The number of hydrogen-bond acceptors (Lipinski definition) is 3. The number of rotatable bonds is 2. The van der Waals surface area contributed by atoms with E-state index in [1.807, 2.05) is 6.92 Å². The van der Waals surface area contributed by atoms with Gasteiger partial charge in [0.1, 0.15) is 5.75 Å². The molecule has 3 heteroatoms. The molecule has 0 aliphatic carbocycles. The van der Waals surface area contributed by atoms with E-state index in [1.54, 1.807) is 12.1 Å². The van der Waals surface area contributed by atoms with E-state index in [2.05, 4.69) is 0 Å². The van der Waals surface area contributed by atoms with Gasteiger partial charge in [0.25, 0.3) is 0 Å². The van der Waals surface area contributed by atoms with E-state index in [4.69, 9.17) is 10.2 Å². The molecule has 0 aromatic heterocycles. The summed E-state index contributed by atoms with van der Waals surface area (Å²) in [5.74, 6) is -0.00870. The van der Waals surface area contributed by atoms with E-state index in [1.165, 1.54) is 0 Å². The van der Waals surface area contributed by atoms with Crippen molar-refractivity contribution in [3.63, 3.8) is 0 Å². The monoisotopic (exact) mass is 168 g/mol. The zero-order valence-electron chi connectivity index (χ0n) is 6.91. The molecule has 1 aromatic rings. The Kier molecular flexibility index (Phi) is 2.68. The minimum Gasteiger partial charge on any atom is -0.507 e. The number of hydrogen-bond donors (Lipinski definition) is 3. The number of aryl methyl sites for hydroxylation is 1. The van der Waals surface area contributed by atoms with Crippen LogP contribution in [0.25, 0.3) is 0 Å². The van der Waals surface area contributed by atoms with Crippen LogP contribution in [0.5, 0.6) is 5.75 Å². The van der Waals surface area contributed by atoms with Crippen molar-refractivity contribution in [2.75, 3.05) is 0 Å². The molecular formula is C9H12O3. The highest BCUT2D eigenvalue weighted by Crippen LogP contribution is 2.24. The molecule has 3 N–H and O–H groups in total. The van der Waals surface area contributed by atoms with Gasteiger partial charge in [0, 0.05) is 11.1 Å². The van der Waals surface area contributed by atoms with E-state index in [-0.39, 0.29) is 19.0 Å². The largest absolute Gasteiger partial charge is 0.507 e. The van der Waals surface area contributed by atoms with Crippen LogP contribution in [0.1, 0.15) is 16.7 Å². The lowest BCUT2D eigenvalue weighted by Gasteiger charge is -2.07. The molecule has 1 rings (SSSR count). The fraction of sp³-hybridized carbons (Fsp3) is 0.333. The maximum Gasteiger partial charge on any atom is 0.126 e. The van der Waals surface area contributed by atoms with Gasteiger partial charge in [-0.1, -0.05) is 17.7 Å². The average Bonchev–Trinajstić information content (AvgIpc) is 2.08. The van der Waals surface area contributed by atoms with Gasteiger partial charge in [0.05, 0.1) is 13.2 Å². The Morgan fingerprint density at radius 1 is 1.08 bits per heavy atom. The predicted octanol–water partition coefficient (Wildman–Crippen LogP) is 0.685. The maximum atomic E-state index is 9.39. The average molecular weight is 168 g/mol. The molecule has 0 radical (unpaired) electrons. The molecule has 0 bridgehead atoms. The summed E-state index contributed by atoms with van der Waals surface area (Å²) >= 11 is 0. The van der Waals surface area contributed by atoms with Crippen LogP contribution in [0.2, 0.25) is 0 Å². The summed E-state index contributed by atoms with van der Waals surface area (Å²) in [6, 6.07) is 3.38. The molecule has 0 aliphatic heterocycles. The van der Waals surface area contributed by atoms with Gasteiger partial charge in [-0.15, -0.1) is 0 Å². The van der Waals surface area contributed by atoms with Crippen LogP contribution in [0.4, 0.5) is 0 Å². The molecule has 12 heavy (non-hydrogen) atoms. The van der Waals surface area contributed by atoms with Gasteiger partial charge < -0.3 is 15.3 Å². The Labute approximate surface area is 70.9 Å². The Morgan fingerprint density at radius 2 is 1.50 bits per heavy atom. The SMILES string of the molecule is Cc1cc(CO)c(O)c(CO)c1. The molecule has 0 saturated heterocycles. The fourth-order valence-electron chi connectivity index (χ4n) is 1.18. The van der Waals surface area contributed by atoms with E-state index in [0.717, 1.165) is 5.56 Å². The first-order chi connectivity index (χ1) is 5.69. The maximum absolute atomic E-state index is 9.39. The van der Waals surface area contributed by atoms with Gasteiger partial charge in [0.2, 0.25) is 0 Å². The molecule has 0 amide bonds. The molecule has 0 unspecified atom stereocenters. The van der Waals surface area contributed by atoms with Crippen LogP contribution in [-0.2, 0) is 13.2 Å². The Balaban J connectivity index is 3.22. The van der Waals surface area contributed by atoms with Crippen LogP contribution >= 0.6 is 0 Å². The van der Waals surface area contributed by atoms with Crippen molar-refractivity contribution >= 4 is 0 Å². The molecule has 3 nitrogen and oxygen atoms in total. The van der Waals surface area contributed by atoms with E-state index < -0.39 is 0 Å². The molecule has 0 saturated carbocycles. The normalized spacial score (nSPS) is 10.2. The van der Waals surface area contributed by atoms with Crippen LogP contribution in [0, 0.1) is 6.92 Å². The van der Waals surface area contributed by atoms with Crippen LogP contribution in [0.3, 0.4) is 0 Å². The van der Waals surface area contributed by atoms with Crippen molar-refractivity contribution in [1.82, 2.24) is 0 Å². The predicted molar refractivity (Wildman–Crippen MR) is 44.7 cm³/mol. The number of phenols is 1. The lowest BCUT2D eigenvalue weighted by atomic mass is 10.1. The number of aromatic hydroxyl groups is 1. The van der Waals surface area contributed by atoms with Crippen molar-refractivity contribution < 1.29 is 15.3 Å². The Hall–Kier alpha value is -1.06. The summed E-state index contributed by atoms with van der Waals surface area (Å²) in [5, 5.41) is 27.0. The van der Waals surface area contributed by atoms with Gasteiger partial charge in [-0.2, -0.15) is 0 Å². The van der Waals surface area contributed by atoms with E-state index >= 15 is 0 Å². The third-order valence-electron chi connectivity index (χ3n) is 1.75. The van der Waals surface area contributed by atoms with Crippen LogP contribution in [0.15, 0.2) is 12.1 Å². The topological polar surface area (TPSA) is 60.7 Å². The first-order valence-corrected chi connectivity index (χ1v) is 3.72. The minimum absolute atomic E-state index is 0.00870. The summed E-state index contributed by atoms with van der Waals surface area (Å²) in [7, 11) is 0. The van der Waals surface area contributed by atoms with Crippen molar-refractivity contribution in [1.29, 1.82) is 0 Å². The second-order valence-electron chi connectivity index (χ2n) is 2.75. The molecule has 1 aromatic carbocycles. The molecule has 0 aliphatic rings. The van der Waals surface area contributed by atoms with E-state index in [9.17, 15) is 5.11 Å². The van der Waals surface area contributed by atoms with Gasteiger partial charge in [-0.25, -0.2) is 0 Å². The van der Waals surface area contributed by atoms with Crippen molar-refractivity contribution in [3.8, 4) is 5.75 Å². The van der Waals surface area contributed by atoms with E-state index in [0.29, 0.717) is 11.1 Å². The van der Waals surface area contributed by atoms with Crippen molar-refractivity contribution in [2.45, 2.75) is 20.1 Å². The second kappa shape index (κ2) is 3.56. The zero-order chi connectivity index (χ0) is 9.14. The molecule has 0 atom stereocenters. The minimum atomic E-state index is -0.208. The van der Waals surface area contributed by atoms with Crippen molar-refractivity contribution in [3.05, 3.63) is 28.8 Å². The Bertz CT molecular complexity index is 256. The Morgan fingerprint density at radius 3 is 1.83 bits per heavy atom. The van der Waals surface area contributed by atoms with Gasteiger partial charge in [-0.3, -0.25) is 0 Å². The zero-order valence-corrected chi connectivity index (χ0v) is 6.91. The van der Waals surface area contributed by atoms with Crippen LogP contribution < -0.4 is 0 Å². The molecule has 66 valence electrons. The highest BCUT2D eigenvalue weighted by molar-refractivity contribution is 5.42. The lowest BCUT2D eigenvalue weighted by Crippen LogP contribution is -1.92. The summed E-state index contributed by atoms with van der Waals surface area (Å²) in [4.78, 5) is 0. The van der Waals surface area contributed by atoms with Gasteiger partial charge in [-0.05, 0) is 6.92 Å². The first-order valence-electron chi connectivity index (χ1n) is 3.72. The number of aliphatic hydroxyl groups excluding tert-OH is 2. The lowest BCUT2D eigenvalue weighted by molar-refractivity contribution is 0.263. The van der Waals surface area contributed by atoms with Gasteiger partial charge >= 0.3 is 0 Å². The highest BCUT2D eigenvalue weighted by atomic mass is 16.3. The van der Waals surface area contributed by atoms with Gasteiger partial charge in [0.15, 0.2) is 0 Å². The van der Waals surface area contributed by atoms with Crippen molar-refractivity contribution in [2.24, 2.45) is 0 Å². The number of aliphatic hydroxyl groups is 2. The second-order valence-corrected chi connectivity index (χ2v) is 2.75. The molecule has 0 heterocycles.